The molecule has 0 aromatic heterocycles. The van der Waals surface area contributed by atoms with E-state index in [4.69, 9.17) is 4.99 Å². The van der Waals surface area contributed by atoms with Crippen LogP contribution in [0, 0.1) is 0 Å². The van der Waals surface area contributed by atoms with E-state index in [1.54, 1.807) is 0 Å². The Labute approximate surface area is 119 Å². The average molecular weight is 263 g/mol. The van der Waals surface area contributed by atoms with Crippen molar-refractivity contribution in [3.8, 4) is 0 Å². The summed E-state index contributed by atoms with van der Waals surface area (Å²) in [6.45, 7) is 2.08. The summed E-state index contributed by atoms with van der Waals surface area (Å²) in [5.74, 6) is 1.77. The lowest BCUT2D eigenvalue weighted by Crippen LogP contribution is -2.38. The van der Waals surface area contributed by atoms with Crippen LogP contribution in [0.3, 0.4) is 0 Å². The second-order valence-corrected chi connectivity index (χ2v) is 4.86. The third kappa shape index (κ3) is 2.35. The van der Waals surface area contributed by atoms with Crippen LogP contribution in [-0.2, 0) is 0 Å². The van der Waals surface area contributed by atoms with Crippen molar-refractivity contribution in [3.05, 3.63) is 71.8 Å². The fourth-order valence-electron chi connectivity index (χ4n) is 2.23. The first-order valence-electron chi connectivity index (χ1n) is 6.76. The topological polar surface area (TPSA) is 28.0 Å². The summed E-state index contributed by atoms with van der Waals surface area (Å²) in [4.78, 5) is 11.5. The molecule has 0 aliphatic carbocycles. The van der Waals surface area contributed by atoms with Gasteiger partial charge in [0.2, 0.25) is 0 Å². The van der Waals surface area contributed by atoms with Gasteiger partial charge in [-0.15, -0.1) is 0 Å². The largest absolute Gasteiger partial charge is 0.337 e. The molecular formula is C17H17N3. The maximum absolute atomic E-state index is 4.75. The minimum atomic E-state index is 0.0814. The monoisotopic (exact) mass is 263 g/mol. The van der Waals surface area contributed by atoms with Crippen LogP contribution in [0.15, 0.2) is 70.6 Å². The Kier molecular flexibility index (Phi) is 3.33. The Morgan fingerprint density at radius 2 is 1.40 bits per heavy atom. The van der Waals surface area contributed by atoms with Crippen LogP contribution in [0.2, 0.25) is 0 Å². The van der Waals surface area contributed by atoms with E-state index in [1.807, 2.05) is 55.6 Å². The highest BCUT2D eigenvalue weighted by Gasteiger charge is 2.21. The van der Waals surface area contributed by atoms with Crippen LogP contribution in [-0.4, -0.2) is 29.8 Å². The molecule has 0 saturated heterocycles. The summed E-state index contributed by atoms with van der Waals surface area (Å²) < 4.78 is 0. The van der Waals surface area contributed by atoms with Gasteiger partial charge in [0, 0.05) is 18.2 Å². The summed E-state index contributed by atoms with van der Waals surface area (Å²) in [5, 5.41) is 0. The molecular weight excluding hydrogens is 246 g/mol. The zero-order valence-corrected chi connectivity index (χ0v) is 11.7. The third-order valence-electron chi connectivity index (χ3n) is 3.48. The normalized spacial score (nSPS) is 18.5. The number of hydrogen-bond acceptors (Lipinski definition) is 3. The van der Waals surface area contributed by atoms with Gasteiger partial charge in [-0.25, -0.2) is 9.98 Å². The lowest BCUT2D eigenvalue weighted by molar-refractivity contribution is 0.398. The Morgan fingerprint density at radius 1 is 0.850 bits per heavy atom. The van der Waals surface area contributed by atoms with Crippen LogP contribution in [0.4, 0.5) is 0 Å². The van der Waals surface area contributed by atoms with E-state index in [0.29, 0.717) is 0 Å². The number of rotatable bonds is 2. The van der Waals surface area contributed by atoms with Gasteiger partial charge < -0.3 is 4.90 Å². The van der Waals surface area contributed by atoms with Gasteiger partial charge in [-0.1, -0.05) is 60.7 Å². The molecule has 1 atom stereocenters. The molecule has 3 rings (SSSR count). The predicted molar refractivity (Wildman–Crippen MR) is 83.2 cm³/mol. The minimum absolute atomic E-state index is 0.0814. The number of amidine groups is 2. The molecule has 0 fully saturated rings. The summed E-state index contributed by atoms with van der Waals surface area (Å²) >= 11 is 0. The van der Waals surface area contributed by atoms with Crippen LogP contribution in [0.25, 0.3) is 0 Å². The van der Waals surface area contributed by atoms with Gasteiger partial charge >= 0.3 is 0 Å². The molecule has 2 aromatic rings. The molecule has 2 aromatic carbocycles. The summed E-state index contributed by atoms with van der Waals surface area (Å²) in [7, 11) is 2.03. The van der Waals surface area contributed by atoms with Crippen molar-refractivity contribution in [2.75, 3.05) is 7.05 Å². The first kappa shape index (κ1) is 12.6. The first-order chi connectivity index (χ1) is 9.75. The van der Waals surface area contributed by atoms with E-state index in [9.17, 15) is 0 Å². The third-order valence-corrected chi connectivity index (χ3v) is 3.48. The molecule has 0 saturated carbocycles. The zero-order valence-electron chi connectivity index (χ0n) is 11.7. The van der Waals surface area contributed by atoms with Gasteiger partial charge in [-0.05, 0) is 6.92 Å². The quantitative estimate of drug-likeness (QED) is 0.818. The van der Waals surface area contributed by atoms with Crippen LogP contribution >= 0.6 is 0 Å². The lowest BCUT2D eigenvalue weighted by atomic mass is 10.1. The van der Waals surface area contributed by atoms with Gasteiger partial charge in [0.25, 0.3) is 0 Å². The van der Waals surface area contributed by atoms with Gasteiger partial charge in [0.1, 0.15) is 12.0 Å². The van der Waals surface area contributed by atoms with Crippen molar-refractivity contribution in [1.82, 2.24) is 4.90 Å². The molecule has 0 amide bonds. The second kappa shape index (κ2) is 5.29. The average Bonchev–Trinajstić information content (AvgIpc) is 2.51. The van der Waals surface area contributed by atoms with Gasteiger partial charge in [0.15, 0.2) is 5.84 Å². The standard InChI is InChI=1S/C17H17N3/c1-13-18-16(14-9-5-3-6-10-14)19-17(20(13)2)15-11-7-4-8-12-15/h3-13H,1-2H3. The first-order valence-corrected chi connectivity index (χ1v) is 6.76. The smallest absolute Gasteiger partial charge is 0.159 e. The maximum Gasteiger partial charge on any atom is 0.159 e. The number of benzene rings is 2. The minimum Gasteiger partial charge on any atom is -0.337 e. The summed E-state index contributed by atoms with van der Waals surface area (Å²) in [6, 6.07) is 20.4. The highest BCUT2D eigenvalue weighted by molar-refractivity contribution is 6.12. The molecule has 1 aliphatic rings. The molecule has 1 unspecified atom stereocenters. The van der Waals surface area contributed by atoms with E-state index < -0.39 is 0 Å². The molecule has 0 radical (unpaired) electrons. The molecule has 100 valence electrons. The Hall–Kier alpha value is -2.42. The van der Waals surface area contributed by atoms with Crippen molar-refractivity contribution in [3.63, 3.8) is 0 Å². The molecule has 0 spiro atoms. The van der Waals surface area contributed by atoms with Crippen molar-refractivity contribution in [2.24, 2.45) is 9.98 Å². The van der Waals surface area contributed by atoms with E-state index in [2.05, 4.69) is 28.9 Å². The zero-order chi connectivity index (χ0) is 13.9. The fraction of sp³-hybridized carbons (Fsp3) is 0.176. The molecule has 3 nitrogen and oxygen atoms in total. The number of aliphatic imine (C=N–C) groups is 2. The van der Waals surface area contributed by atoms with Crippen molar-refractivity contribution in [1.29, 1.82) is 0 Å². The summed E-state index contributed by atoms with van der Waals surface area (Å²) in [5.41, 5.74) is 2.17. The second-order valence-electron chi connectivity index (χ2n) is 4.86. The Morgan fingerprint density at radius 3 is 2.00 bits per heavy atom. The maximum atomic E-state index is 4.75. The van der Waals surface area contributed by atoms with E-state index >= 15 is 0 Å². The molecule has 0 N–H and O–H groups in total. The van der Waals surface area contributed by atoms with Gasteiger partial charge in [-0.3, -0.25) is 0 Å². The number of nitrogens with zero attached hydrogens (tertiary/aromatic N) is 3. The SMILES string of the molecule is CC1N=C(c2ccccc2)N=C(c2ccccc2)N1C. The van der Waals surface area contributed by atoms with Crippen LogP contribution in [0.5, 0.6) is 0 Å². The lowest BCUT2D eigenvalue weighted by Gasteiger charge is -2.29. The van der Waals surface area contributed by atoms with Crippen molar-refractivity contribution < 1.29 is 0 Å². The van der Waals surface area contributed by atoms with E-state index in [0.717, 1.165) is 22.8 Å². The molecule has 1 heterocycles. The van der Waals surface area contributed by atoms with Gasteiger partial charge in [-0.2, -0.15) is 0 Å². The molecule has 1 aliphatic heterocycles. The van der Waals surface area contributed by atoms with Crippen molar-refractivity contribution >= 4 is 11.7 Å². The molecule has 3 heteroatoms. The van der Waals surface area contributed by atoms with Crippen LogP contribution < -0.4 is 0 Å². The highest BCUT2D eigenvalue weighted by Crippen LogP contribution is 2.16. The van der Waals surface area contributed by atoms with Crippen LogP contribution in [0.1, 0.15) is 18.1 Å². The van der Waals surface area contributed by atoms with Gasteiger partial charge in [0.05, 0.1) is 0 Å². The highest BCUT2D eigenvalue weighted by atomic mass is 15.3. The Balaban J connectivity index is 2.05. The molecule has 20 heavy (non-hydrogen) atoms. The number of hydrogen-bond donors (Lipinski definition) is 0. The van der Waals surface area contributed by atoms with Crippen molar-refractivity contribution in [2.45, 2.75) is 13.1 Å². The summed E-state index contributed by atoms with van der Waals surface area (Å²) in [6.07, 6.45) is 0.0814. The van der Waals surface area contributed by atoms with E-state index in [1.165, 1.54) is 0 Å². The predicted octanol–water partition coefficient (Wildman–Crippen LogP) is 3.17. The Bertz CT molecular complexity index is 644. The van der Waals surface area contributed by atoms with E-state index in [-0.39, 0.29) is 6.17 Å². The fourth-order valence-corrected chi connectivity index (χ4v) is 2.23. The molecule has 0 bridgehead atoms.